The summed E-state index contributed by atoms with van der Waals surface area (Å²) in [6, 6.07) is 16.1. The van der Waals surface area contributed by atoms with Gasteiger partial charge in [0.2, 0.25) is 5.91 Å². The van der Waals surface area contributed by atoms with Crippen molar-refractivity contribution in [2.75, 3.05) is 26.2 Å². The fraction of sp³-hybridized carbons (Fsp3) is 0.419. The molecular formula is C31H40Cl2N4O. The Labute approximate surface area is 238 Å². The number of piperazine rings is 1. The molecule has 2 aromatic carbocycles. The van der Waals surface area contributed by atoms with E-state index in [2.05, 4.69) is 29.7 Å². The van der Waals surface area contributed by atoms with Gasteiger partial charge in [0.05, 0.1) is 11.4 Å². The molecule has 0 spiro atoms. The maximum Gasteiger partial charge on any atom is 0.231 e. The molecule has 1 aliphatic rings. The lowest BCUT2D eigenvalue weighted by Crippen LogP contribution is -2.48. The smallest absolute Gasteiger partial charge is 0.231 e. The molecule has 1 fully saturated rings. The number of pyridine rings is 1. The summed E-state index contributed by atoms with van der Waals surface area (Å²) in [4.78, 5) is 22.8. The summed E-state index contributed by atoms with van der Waals surface area (Å²) in [6.07, 6.45) is 0. The van der Waals surface area contributed by atoms with Gasteiger partial charge in [-0.1, -0.05) is 61.3 Å². The fourth-order valence-corrected chi connectivity index (χ4v) is 5.52. The van der Waals surface area contributed by atoms with Crippen LogP contribution in [0.1, 0.15) is 61.6 Å². The van der Waals surface area contributed by atoms with E-state index in [1.54, 1.807) is 6.07 Å². The molecule has 0 saturated carbocycles. The Morgan fingerprint density at radius 3 is 2.21 bits per heavy atom. The number of carbonyl (C=O) groups is 1. The van der Waals surface area contributed by atoms with Crippen LogP contribution in [0.5, 0.6) is 0 Å². The topological polar surface area (TPSA) is 62.5 Å². The molecule has 1 aliphatic heterocycles. The van der Waals surface area contributed by atoms with Gasteiger partial charge in [-0.2, -0.15) is 0 Å². The molecule has 5 nitrogen and oxygen atoms in total. The van der Waals surface area contributed by atoms with Gasteiger partial charge in [0.15, 0.2) is 0 Å². The van der Waals surface area contributed by atoms with E-state index in [1.807, 2.05) is 64.1 Å². The van der Waals surface area contributed by atoms with Crippen LogP contribution < -0.4 is 5.73 Å². The van der Waals surface area contributed by atoms with Crippen molar-refractivity contribution in [3.05, 3.63) is 86.5 Å². The van der Waals surface area contributed by atoms with Crippen LogP contribution in [0.2, 0.25) is 10.0 Å². The number of primary amides is 1. The van der Waals surface area contributed by atoms with Crippen LogP contribution in [0.15, 0.2) is 48.5 Å². The van der Waals surface area contributed by atoms with Crippen LogP contribution in [-0.2, 0) is 11.3 Å². The highest BCUT2D eigenvalue weighted by molar-refractivity contribution is 6.32. The summed E-state index contributed by atoms with van der Waals surface area (Å²) >= 11 is 13.0. The average molecular weight is 556 g/mol. The summed E-state index contributed by atoms with van der Waals surface area (Å²) in [5, 5.41) is 1.19. The number of halogens is 2. The van der Waals surface area contributed by atoms with Crippen molar-refractivity contribution in [3.63, 3.8) is 0 Å². The first-order valence-electron chi connectivity index (χ1n) is 13.4. The molecule has 2 heterocycles. The lowest BCUT2D eigenvalue weighted by molar-refractivity contribution is -0.118. The number of amides is 1. The summed E-state index contributed by atoms with van der Waals surface area (Å²) in [6.45, 7) is 17.2. The number of hydrogen-bond acceptors (Lipinski definition) is 4. The highest BCUT2D eigenvalue weighted by Gasteiger charge is 2.28. The normalized spacial score (nSPS) is 15.2. The lowest BCUT2D eigenvalue weighted by Gasteiger charge is -2.37. The van der Waals surface area contributed by atoms with Crippen molar-refractivity contribution in [3.8, 4) is 11.3 Å². The predicted molar refractivity (Wildman–Crippen MR) is 160 cm³/mol. The highest BCUT2D eigenvalue weighted by Crippen LogP contribution is 2.35. The number of hydrogen-bond donors (Lipinski definition) is 1. The maximum atomic E-state index is 12.9. The zero-order chi connectivity index (χ0) is 28.0. The van der Waals surface area contributed by atoms with E-state index in [0.717, 1.165) is 60.7 Å². The monoisotopic (exact) mass is 554 g/mol. The Morgan fingerprint density at radius 2 is 1.61 bits per heavy atom. The molecule has 3 aromatic rings. The number of carbonyl (C=O) groups excluding carboxylic acids is 1. The zero-order valence-corrected chi connectivity index (χ0v) is 24.9. The van der Waals surface area contributed by atoms with Gasteiger partial charge < -0.3 is 5.73 Å². The average Bonchev–Trinajstić information content (AvgIpc) is 2.89. The van der Waals surface area contributed by atoms with Gasteiger partial charge in [-0.25, -0.2) is 0 Å². The standard InChI is InChI=1S/C29H34Cl2N4O.C2H6/c1-18(2)35-13-11-34(12-14-35)17-21-15-25(22-8-6-9-23(30)20(22)4)33-26(16-21)28(29(32)36)27-19(3)7-5-10-24(27)31;1-2/h5-10,15-16,18,28H,11-14,17H2,1-4H3,(H2,32,36);1-2H3. The Kier molecular flexibility index (Phi) is 10.8. The molecule has 1 aromatic heterocycles. The van der Waals surface area contributed by atoms with Crippen molar-refractivity contribution in [1.82, 2.24) is 14.8 Å². The molecule has 4 rings (SSSR count). The number of aromatic nitrogens is 1. The molecule has 1 saturated heterocycles. The summed E-state index contributed by atoms with van der Waals surface area (Å²) in [7, 11) is 0. The van der Waals surface area contributed by atoms with Gasteiger partial charge in [0.1, 0.15) is 5.92 Å². The Hall–Kier alpha value is -2.44. The zero-order valence-electron chi connectivity index (χ0n) is 23.4. The van der Waals surface area contributed by atoms with E-state index in [0.29, 0.717) is 27.3 Å². The number of nitrogens with zero attached hydrogens (tertiary/aromatic N) is 3. The molecule has 1 unspecified atom stereocenters. The second-order valence-electron chi connectivity index (χ2n) is 9.91. The van der Waals surface area contributed by atoms with Crippen LogP contribution in [0, 0.1) is 13.8 Å². The number of nitrogens with two attached hydrogens (primary N) is 1. The Bertz CT molecular complexity index is 1230. The Morgan fingerprint density at radius 1 is 0.974 bits per heavy atom. The van der Waals surface area contributed by atoms with E-state index in [-0.39, 0.29) is 0 Å². The van der Waals surface area contributed by atoms with Crippen LogP contribution in [0.3, 0.4) is 0 Å². The number of aryl methyl sites for hydroxylation is 1. The minimum absolute atomic E-state index is 0.477. The molecule has 1 amide bonds. The second kappa shape index (κ2) is 13.6. The van der Waals surface area contributed by atoms with Crippen molar-refractivity contribution in [2.24, 2.45) is 5.73 Å². The predicted octanol–water partition coefficient (Wildman–Crippen LogP) is 6.84. The summed E-state index contributed by atoms with van der Waals surface area (Å²) < 4.78 is 0. The number of benzene rings is 2. The van der Waals surface area contributed by atoms with E-state index >= 15 is 0 Å². The molecule has 204 valence electrons. The van der Waals surface area contributed by atoms with Gasteiger partial charge in [-0.3, -0.25) is 19.6 Å². The third-order valence-electron chi connectivity index (χ3n) is 7.13. The molecule has 0 bridgehead atoms. The quantitative estimate of drug-likeness (QED) is 0.347. The fourth-order valence-electron chi connectivity index (χ4n) is 5.02. The van der Waals surface area contributed by atoms with Crippen molar-refractivity contribution < 1.29 is 4.79 Å². The van der Waals surface area contributed by atoms with Crippen molar-refractivity contribution >= 4 is 29.1 Å². The van der Waals surface area contributed by atoms with E-state index in [4.69, 9.17) is 33.9 Å². The van der Waals surface area contributed by atoms with Gasteiger partial charge >= 0.3 is 0 Å². The molecular weight excluding hydrogens is 515 g/mol. The van der Waals surface area contributed by atoms with Crippen LogP contribution in [0.25, 0.3) is 11.3 Å². The van der Waals surface area contributed by atoms with Crippen LogP contribution in [-0.4, -0.2) is 52.9 Å². The number of rotatable bonds is 7. The third kappa shape index (κ3) is 6.95. The minimum Gasteiger partial charge on any atom is -0.369 e. The molecule has 0 aliphatic carbocycles. The second-order valence-corrected chi connectivity index (χ2v) is 10.7. The van der Waals surface area contributed by atoms with Crippen molar-refractivity contribution in [2.45, 2.75) is 60.0 Å². The largest absolute Gasteiger partial charge is 0.369 e. The lowest BCUT2D eigenvalue weighted by atomic mass is 9.89. The minimum atomic E-state index is -0.755. The van der Waals surface area contributed by atoms with Gasteiger partial charge in [0.25, 0.3) is 0 Å². The molecule has 7 heteroatoms. The first-order chi connectivity index (χ1) is 18.2. The van der Waals surface area contributed by atoms with Gasteiger partial charge in [-0.15, -0.1) is 0 Å². The van der Waals surface area contributed by atoms with Gasteiger partial charge in [-0.05, 0) is 74.2 Å². The van der Waals surface area contributed by atoms with E-state index in [1.165, 1.54) is 0 Å². The van der Waals surface area contributed by atoms with Crippen LogP contribution >= 0.6 is 23.2 Å². The van der Waals surface area contributed by atoms with Crippen LogP contribution in [0.4, 0.5) is 0 Å². The Balaban J connectivity index is 0.00000195. The summed E-state index contributed by atoms with van der Waals surface area (Å²) in [5.41, 5.74) is 11.9. The third-order valence-corrected chi connectivity index (χ3v) is 7.87. The van der Waals surface area contributed by atoms with Crippen molar-refractivity contribution in [1.29, 1.82) is 0 Å². The summed E-state index contributed by atoms with van der Waals surface area (Å²) in [5.74, 6) is -1.23. The van der Waals surface area contributed by atoms with Gasteiger partial charge in [0, 0.05) is 54.4 Å². The molecule has 2 N–H and O–H groups in total. The van der Waals surface area contributed by atoms with E-state index < -0.39 is 11.8 Å². The van der Waals surface area contributed by atoms with E-state index in [9.17, 15) is 4.79 Å². The molecule has 1 atom stereocenters. The maximum absolute atomic E-state index is 12.9. The molecule has 0 radical (unpaired) electrons. The molecule has 38 heavy (non-hydrogen) atoms. The first kappa shape index (κ1) is 30.1. The highest BCUT2D eigenvalue weighted by atomic mass is 35.5. The SMILES string of the molecule is CC.Cc1cccc(Cl)c1C(C(N)=O)c1cc(CN2CCN(C(C)C)CC2)cc(-c2cccc(Cl)c2C)n1. The first-order valence-corrected chi connectivity index (χ1v) is 14.2.